The molecule has 146 valence electrons. The quantitative estimate of drug-likeness (QED) is 0.547. The summed E-state index contributed by atoms with van der Waals surface area (Å²) >= 11 is 6.30. The van der Waals surface area contributed by atoms with Crippen LogP contribution in [-0.2, 0) is 4.79 Å². The number of anilines is 1. The first-order valence-corrected chi connectivity index (χ1v) is 9.34. The Morgan fingerprint density at radius 1 is 1.17 bits per heavy atom. The molecule has 10 heteroatoms. The number of nitrogens with one attached hydrogen (secondary N) is 1. The van der Waals surface area contributed by atoms with E-state index >= 15 is 0 Å². The van der Waals surface area contributed by atoms with Crippen LogP contribution < -0.4 is 5.32 Å². The Hall–Kier alpha value is -3.33. The predicted molar refractivity (Wildman–Crippen MR) is 104 cm³/mol. The summed E-state index contributed by atoms with van der Waals surface area (Å²) in [5.74, 6) is 0.747. The molecule has 0 aliphatic carbocycles. The minimum absolute atomic E-state index is 0.175. The van der Waals surface area contributed by atoms with Crippen molar-refractivity contribution in [2.24, 2.45) is 0 Å². The van der Waals surface area contributed by atoms with Crippen LogP contribution in [0.4, 0.5) is 10.2 Å². The van der Waals surface area contributed by atoms with E-state index in [4.69, 9.17) is 11.6 Å². The number of fused-ring (bicyclic) bond motifs is 2. The highest BCUT2D eigenvalue weighted by atomic mass is 35.5. The predicted octanol–water partition coefficient (Wildman–Crippen LogP) is 3.19. The summed E-state index contributed by atoms with van der Waals surface area (Å²) in [6.45, 7) is 3.66. The molecule has 29 heavy (non-hydrogen) atoms. The number of hydrogen-bond donors (Lipinski definition) is 1. The number of halogens is 2. The lowest BCUT2D eigenvalue weighted by Gasteiger charge is -2.25. The molecule has 1 amide bonds. The molecule has 5 rings (SSSR count). The van der Waals surface area contributed by atoms with Gasteiger partial charge in [-0.3, -0.25) is 4.79 Å². The fourth-order valence-corrected chi connectivity index (χ4v) is 4.06. The number of amides is 1. The second-order valence-electron chi connectivity index (χ2n) is 6.94. The summed E-state index contributed by atoms with van der Waals surface area (Å²) in [4.78, 5) is 12.5. The maximum atomic E-state index is 13.5. The van der Waals surface area contributed by atoms with Crippen molar-refractivity contribution < 1.29 is 9.18 Å². The minimum atomic E-state index is -0.423. The molecule has 0 spiro atoms. The number of hydrogen-bond acceptors (Lipinski definition) is 5. The van der Waals surface area contributed by atoms with Crippen molar-refractivity contribution in [2.45, 2.75) is 26.2 Å². The Labute approximate surface area is 169 Å². The van der Waals surface area contributed by atoms with E-state index in [0.29, 0.717) is 28.7 Å². The summed E-state index contributed by atoms with van der Waals surface area (Å²) in [6.07, 6.45) is 0.196. The molecule has 1 atom stereocenters. The monoisotopic (exact) mass is 411 g/mol. The molecular formula is C19H15ClFN7O. The molecule has 0 saturated heterocycles. The fraction of sp³-hybridized carbons (Fsp3) is 0.211. The van der Waals surface area contributed by atoms with Crippen LogP contribution in [0.15, 0.2) is 30.3 Å². The molecule has 0 unspecified atom stereocenters. The van der Waals surface area contributed by atoms with E-state index in [1.54, 1.807) is 34.3 Å². The van der Waals surface area contributed by atoms with Crippen LogP contribution in [0, 0.1) is 19.7 Å². The Morgan fingerprint density at radius 3 is 2.79 bits per heavy atom. The highest BCUT2D eigenvalue weighted by molar-refractivity contribution is 6.31. The molecule has 8 nitrogen and oxygen atoms in total. The van der Waals surface area contributed by atoms with Gasteiger partial charge in [-0.2, -0.15) is 14.3 Å². The lowest BCUT2D eigenvalue weighted by Crippen LogP contribution is -2.25. The van der Waals surface area contributed by atoms with Gasteiger partial charge in [-0.05, 0) is 43.7 Å². The maximum Gasteiger partial charge on any atom is 0.226 e. The average molecular weight is 412 g/mol. The summed E-state index contributed by atoms with van der Waals surface area (Å²) in [6, 6.07) is 7.76. The van der Waals surface area contributed by atoms with Crippen molar-refractivity contribution in [3.8, 4) is 5.82 Å². The maximum absolute atomic E-state index is 13.5. The first-order chi connectivity index (χ1) is 13.9. The first-order valence-electron chi connectivity index (χ1n) is 8.96. The SMILES string of the molecule is Cc1nn(-c2ccc3nnc(C)n3n2)c2c1[C@H](c1ccc(F)cc1Cl)CC(=O)N2. The van der Waals surface area contributed by atoms with Gasteiger partial charge in [-0.15, -0.1) is 15.3 Å². The van der Waals surface area contributed by atoms with E-state index in [9.17, 15) is 9.18 Å². The van der Waals surface area contributed by atoms with Gasteiger partial charge in [0.25, 0.3) is 0 Å². The third-order valence-corrected chi connectivity index (χ3v) is 5.39. The number of carbonyl (C=O) groups excluding carboxylic acids is 1. The lowest BCUT2D eigenvalue weighted by molar-refractivity contribution is -0.116. The van der Waals surface area contributed by atoms with Gasteiger partial charge in [-0.25, -0.2) is 4.39 Å². The molecule has 3 aromatic heterocycles. The fourth-order valence-electron chi connectivity index (χ4n) is 3.76. The summed E-state index contributed by atoms with van der Waals surface area (Å²) < 4.78 is 16.7. The third-order valence-electron chi connectivity index (χ3n) is 5.06. The first kappa shape index (κ1) is 17.7. The van der Waals surface area contributed by atoms with Crippen molar-refractivity contribution in [1.82, 2.24) is 29.6 Å². The third kappa shape index (κ3) is 2.77. The van der Waals surface area contributed by atoms with Crippen LogP contribution in [0.1, 0.15) is 35.0 Å². The van der Waals surface area contributed by atoms with Crippen molar-refractivity contribution in [2.75, 3.05) is 5.32 Å². The van der Waals surface area contributed by atoms with Crippen LogP contribution >= 0.6 is 11.6 Å². The van der Waals surface area contributed by atoms with E-state index in [-0.39, 0.29) is 23.3 Å². The van der Waals surface area contributed by atoms with Gasteiger partial charge in [0, 0.05) is 22.9 Å². The lowest BCUT2D eigenvalue weighted by atomic mass is 9.86. The zero-order chi connectivity index (χ0) is 20.3. The molecule has 0 saturated carbocycles. The molecule has 1 aromatic carbocycles. The van der Waals surface area contributed by atoms with Crippen LogP contribution in [0.25, 0.3) is 11.5 Å². The average Bonchev–Trinajstić information content (AvgIpc) is 3.21. The van der Waals surface area contributed by atoms with E-state index < -0.39 is 5.82 Å². The molecule has 0 fully saturated rings. The Kier molecular flexibility index (Phi) is 3.88. The van der Waals surface area contributed by atoms with Gasteiger partial charge < -0.3 is 5.32 Å². The molecule has 4 heterocycles. The second-order valence-corrected chi connectivity index (χ2v) is 7.35. The largest absolute Gasteiger partial charge is 0.310 e. The molecule has 0 bridgehead atoms. The van der Waals surface area contributed by atoms with Gasteiger partial charge in [0.2, 0.25) is 5.91 Å². The van der Waals surface area contributed by atoms with E-state index in [1.807, 2.05) is 6.92 Å². The molecule has 1 N–H and O–H groups in total. The van der Waals surface area contributed by atoms with Crippen molar-refractivity contribution in [3.63, 3.8) is 0 Å². The summed E-state index contributed by atoms with van der Waals surface area (Å²) in [7, 11) is 0. The van der Waals surface area contributed by atoms with Crippen molar-refractivity contribution in [1.29, 1.82) is 0 Å². The number of rotatable bonds is 2. The molecule has 1 aliphatic rings. The van der Waals surface area contributed by atoms with Crippen LogP contribution in [0.2, 0.25) is 5.02 Å². The number of aryl methyl sites for hydroxylation is 2. The highest BCUT2D eigenvalue weighted by Gasteiger charge is 2.34. The van der Waals surface area contributed by atoms with Crippen LogP contribution in [-0.4, -0.2) is 35.5 Å². The van der Waals surface area contributed by atoms with E-state index in [1.165, 1.54) is 12.1 Å². The summed E-state index contributed by atoms with van der Waals surface area (Å²) in [5.41, 5.74) is 2.86. The minimum Gasteiger partial charge on any atom is -0.310 e. The topological polar surface area (TPSA) is 90.0 Å². The van der Waals surface area contributed by atoms with Gasteiger partial charge >= 0.3 is 0 Å². The molecule has 4 aromatic rings. The van der Waals surface area contributed by atoms with Crippen molar-refractivity contribution in [3.05, 3.63) is 63.8 Å². The molecular weight excluding hydrogens is 397 g/mol. The Bertz CT molecular complexity index is 1300. The molecule has 1 aliphatic heterocycles. The number of aromatic nitrogens is 6. The number of nitrogens with zero attached hydrogens (tertiary/aromatic N) is 6. The van der Waals surface area contributed by atoms with Gasteiger partial charge in [0.1, 0.15) is 11.6 Å². The van der Waals surface area contributed by atoms with E-state index in [0.717, 1.165) is 11.3 Å². The Morgan fingerprint density at radius 2 is 2.00 bits per heavy atom. The van der Waals surface area contributed by atoms with Gasteiger partial charge in [0.05, 0.1) is 5.69 Å². The zero-order valence-corrected chi connectivity index (χ0v) is 16.3. The van der Waals surface area contributed by atoms with Gasteiger partial charge in [0.15, 0.2) is 17.3 Å². The van der Waals surface area contributed by atoms with Crippen LogP contribution in [0.3, 0.4) is 0 Å². The standard InChI is InChI=1S/C19H15ClFN7O/c1-9-18-13(12-4-3-11(21)7-14(12)20)8-17(29)22-19(18)28(25-9)16-6-5-15-24-23-10(2)27(15)26-16/h3-7,13H,8H2,1-2H3,(H,22,29)/t13-/m0/s1. The second kappa shape index (κ2) is 6.35. The number of benzene rings is 1. The van der Waals surface area contributed by atoms with E-state index in [2.05, 4.69) is 25.7 Å². The van der Waals surface area contributed by atoms with Crippen molar-refractivity contribution >= 4 is 29.0 Å². The number of carbonyl (C=O) groups is 1. The highest BCUT2D eigenvalue weighted by Crippen LogP contribution is 2.42. The van der Waals surface area contributed by atoms with Crippen LogP contribution in [0.5, 0.6) is 0 Å². The molecule has 0 radical (unpaired) electrons. The zero-order valence-electron chi connectivity index (χ0n) is 15.5. The van der Waals surface area contributed by atoms with Gasteiger partial charge in [-0.1, -0.05) is 17.7 Å². The Balaban J connectivity index is 1.69. The normalized spacial score (nSPS) is 16.1. The smallest absolute Gasteiger partial charge is 0.226 e. The summed E-state index contributed by atoms with van der Waals surface area (Å²) in [5, 5.41) is 20.4.